The van der Waals surface area contributed by atoms with Gasteiger partial charge in [0.05, 0.1) is 18.4 Å². The minimum absolute atomic E-state index is 0.363. The van der Waals surface area contributed by atoms with Crippen LogP contribution in [0.1, 0.15) is 29.5 Å². The van der Waals surface area contributed by atoms with Gasteiger partial charge in [-0.2, -0.15) is 5.26 Å². The van der Waals surface area contributed by atoms with Gasteiger partial charge in [0.2, 0.25) is 0 Å². The Morgan fingerprint density at radius 2 is 1.97 bits per heavy atom. The summed E-state index contributed by atoms with van der Waals surface area (Å²) in [5, 5.41) is 11.8. The molecule has 0 fully saturated rings. The van der Waals surface area contributed by atoms with Crippen molar-refractivity contribution >= 4 is 29.5 Å². The Labute approximate surface area is 185 Å². The molecule has 7 nitrogen and oxygen atoms in total. The number of esters is 1. The molecule has 3 aromatic rings. The van der Waals surface area contributed by atoms with Crippen LogP contribution in [0.4, 0.5) is 5.82 Å². The number of carbonyl (C=O) groups is 2. The first-order valence-electron chi connectivity index (χ1n) is 9.71. The Balaban J connectivity index is 1.65. The summed E-state index contributed by atoms with van der Waals surface area (Å²) in [7, 11) is 0. The zero-order valence-electron chi connectivity index (χ0n) is 17.5. The molecular formula is C23H23N3O4S. The molecule has 0 radical (unpaired) electrons. The van der Waals surface area contributed by atoms with Crippen molar-refractivity contribution in [1.82, 2.24) is 4.57 Å². The molecule has 0 aliphatic heterocycles. The van der Waals surface area contributed by atoms with Gasteiger partial charge < -0.3 is 19.0 Å². The molecule has 8 heteroatoms. The van der Waals surface area contributed by atoms with Crippen molar-refractivity contribution in [3.63, 3.8) is 0 Å². The van der Waals surface area contributed by atoms with Crippen LogP contribution in [-0.2, 0) is 20.9 Å². The molecule has 0 saturated heterocycles. The molecule has 1 amide bonds. The normalized spacial score (nSPS) is 11.5. The van der Waals surface area contributed by atoms with Crippen LogP contribution in [0, 0.1) is 25.2 Å². The number of nitrogens with zero attached hydrogens (tertiary/aromatic N) is 2. The first-order valence-corrected chi connectivity index (χ1v) is 10.6. The van der Waals surface area contributed by atoms with Crippen molar-refractivity contribution in [2.75, 3.05) is 11.9 Å². The molecule has 2 aromatic heterocycles. The largest absolute Gasteiger partial charge is 0.467 e. The van der Waals surface area contributed by atoms with Gasteiger partial charge in [0.15, 0.2) is 6.61 Å². The molecule has 1 unspecified atom stereocenters. The topological polar surface area (TPSA) is 97.3 Å². The summed E-state index contributed by atoms with van der Waals surface area (Å²) in [5.41, 5.74) is 1.99. The average Bonchev–Trinajstić information content (AvgIpc) is 3.35. The maximum Gasteiger partial charge on any atom is 0.319 e. The number of hydrogen-bond acceptors (Lipinski definition) is 6. The van der Waals surface area contributed by atoms with Gasteiger partial charge in [-0.3, -0.25) is 9.59 Å². The van der Waals surface area contributed by atoms with Crippen molar-refractivity contribution in [1.29, 1.82) is 5.26 Å². The number of hydrogen-bond donors (Lipinski definition) is 1. The van der Waals surface area contributed by atoms with Crippen LogP contribution < -0.4 is 5.32 Å². The average molecular weight is 438 g/mol. The fourth-order valence-corrected chi connectivity index (χ4v) is 3.95. The molecule has 0 bridgehead atoms. The Morgan fingerprint density at radius 1 is 1.23 bits per heavy atom. The van der Waals surface area contributed by atoms with Crippen molar-refractivity contribution in [3.8, 4) is 6.07 Å². The van der Waals surface area contributed by atoms with Gasteiger partial charge in [0.1, 0.15) is 22.9 Å². The third kappa shape index (κ3) is 5.38. The third-order valence-electron chi connectivity index (χ3n) is 4.83. The number of nitrogens with one attached hydrogen (secondary N) is 1. The summed E-state index contributed by atoms with van der Waals surface area (Å²) in [6.07, 6.45) is 1.57. The Bertz CT molecular complexity index is 1100. The summed E-state index contributed by atoms with van der Waals surface area (Å²) in [6.45, 7) is 5.35. The fraction of sp³-hybridized carbons (Fsp3) is 0.261. The lowest BCUT2D eigenvalue weighted by Gasteiger charge is -2.13. The van der Waals surface area contributed by atoms with Gasteiger partial charge in [0, 0.05) is 10.6 Å². The fourth-order valence-electron chi connectivity index (χ4n) is 3.06. The highest BCUT2D eigenvalue weighted by Gasteiger charge is 2.22. The smallest absolute Gasteiger partial charge is 0.319 e. The molecule has 3 rings (SSSR count). The molecule has 0 spiro atoms. The van der Waals surface area contributed by atoms with Crippen molar-refractivity contribution < 1.29 is 18.7 Å². The number of benzene rings is 1. The number of amides is 1. The summed E-state index contributed by atoms with van der Waals surface area (Å²) in [4.78, 5) is 25.7. The maximum atomic E-state index is 12.5. The molecule has 0 saturated carbocycles. The number of nitriles is 1. The zero-order valence-corrected chi connectivity index (χ0v) is 18.4. The Hall–Kier alpha value is -3.44. The number of carbonyl (C=O) groups excluding carboxylic acids is 2. The zero-order chi connectivity index (χ0) is 22.4. The predicted octanol–water partition coefficient (Wildman–Crippen LogP) is 4.28. The van der Waals surface area contributed by atoms with Crippen LogP contribution in [0.5, 0.6) is 0 Å². The minimum Gasteiger partial charge on any atom is -0.467 e. The van der Waals surface area contributed by atoms with E-state index < -0.39 is 23.7 Å². The van der Waals surface area contributed by atoms with Crippen LogP contribution in [-0.4, -0.2) is 28.3 Å². The van der Waals surface area contributed by atoms with Crippen LogP contribution in [0.2, 0.25) is 0 Å². The van der Waals surface area contributed by atoms with E-state index in [1.807, 2.05) is 50.2 Å². The number of ether oxygens (including phenoxy) is 1. The number of aromatic nitrogens is 1. The number of rotatable bonds is 8. The highest BCUT2D eigenvalue weighted by Crippen LogP contribution is 2.27. The molecule has 0 aliphatic rings. The Morgan fingerprint density at radius 3 is 2.61 bits per heavy atom. The second-order valence-corrected chi connectivity index (χ2v) is 8.35. The van der Waals surface area contributed by atoms with Gasteiger partial charge in [-0.25, -0.2) is 0 Å². The summed E-state index contributed by atoms with van der Waals surface area (Å²) in [5.74, 6) is 0.0562. The second kappa shape index (κ2) is 10.0. The molecule has 2 heterocycles. The SMILES string of the molecule is Cc1c(C#N)c(NC(=O)COC(=O)C(C)Sc2ccccc2)n(Cc2ccco2)c1C. The predicted molar refractivity (Wildman–Crippen MR) is 118 cm³/mol. The van der Waals surface area contributed by atoms with Crippen LogP contribution in [0.15, 0.2) is 58.0 Å². The maximum absolute atomic E-state index is 12.5. The summed E-state index contributed by atoms with van der Waals surface area (Å²) in [6, 6.07) is 15.2. The standard InChI is InChI=1S/C23H23N3O4S/c1-15-16(2)26(13-18-8-7-11-29-18)22(20(15)12-24)25-21(27)14-30-23(28)17(3)31-19-9-5-4-6-10-19/h4-11,17H,13-14H2,1-3H3,(H,25,27). The van der Waals surface area contributed by atoms with E-state index in [9.17, 15) is 14.9 Å². The van der Waals surface area contributed by atoms with Gasteiger partial charge in [-0.1, -0.05) is 18.2 Å². The molecule has 31 heavy (non-hydrogen) atoms. The van der Waals surface area contributed by atoms with Crippen LogP contribution in [0.25, 0.3) is 0 Å². The molecular weight excluding hydrogens is 414 g/mol. The van der Waals surface area contributed by atoms with E-state index >= 15 is 0 Å². The lowest BCUT2D eigenvalue weighted by molar-refractivity contribution is -0.146. The number of furan rings is 1. The first kappa shape index (κ1) is 22.2. The third-order valence-corrected chi connectivity index (χ3v) is 5.92. The summed E-state index contributed by atoms with van der Waals surface area (Å²) >= 11 is 1.36. The van der Waals surface area contributed by atoms with E-state index in [1.165, 1.54) is 11.8 Å². The van der Waals surface area contributed by atoms with E-state index in [4.69, 9.17) is 9.15 Å². The van der Waals surface area contributed by atoms with Crippen LogP contribution >= 0.6 is 11.8 Å². The monoisotopic (exact) mass is 437 g/mol. The Kier molecular flexibility index (Phi) is 7.21. The molecule has 1 atom stereocenters. The van der Waals surface area contributed by atoms with Gasteiger partial charge >= 0.3 is 5.97 Å². The second-order valence-electron chi connectivity index (χ2n) is 6.94. The lowest BCUT2D eigenvalue weighted by Crippen LogP contribution is -2.26. The van der Waals surface area contributed by atoms with E-state index in [0.29, 0.717) is 23.7 Å². The minimum atomic E-state index is -0.514. The van der Waals surface area contributed by atoms with Gasteiger partial charge in [-0.05, 0) is 50.6 Å². The highest BCUT2D eigenvalue weighted by atomic mass is 32.2. The van der Waals surface area contributed by atoms with Crippen LogP contribution in [0.3, 0.4) is 0 Å². The van der Waals surface area contributed by atoms with E-state index in [2.05, 4.69) is 11.4 Å². The molecule has 0 aliphatic carbocycles. The van der Waals surface area contributed by atoms with Gasteiger partial charge in [-0.15, -0.1) is 11.8 Å². The highest BCUT2D eigenvalue weighted by molar-refractivity contribution is 8.00. The molecule has 1 N–H and O–H groups in total. The van der Waals surface area contributed by atoms with E-state index in [-0.39, 0.29) is 0 Å². The van der Waals surface area contributed by atoms with Crippen molar-refractivity contribution in [2.24, 2.45) is 0 Å². The van der Waals surface area contributed by atoms with E-state index in [0.717, 1.165) is 16.2 Å². The summed E-state index contributed by atoms with van der Waals surface area (Å²) < 4.78 is 12.4. The first-order chi connectivity index (χ1) is 14.9. The van der Waals surface area contributed by atoms with Crippen molar-refractivity contribution in [2.45, 2.75) is 37.5 Å². The quantitative estimate of drug-likeness (QED) is 0.417. The number of anilines is 1. The van der Waals surface area contributed by atoms with Crippen molar-refractivity contribution in [3.05, 3.63) is 71.3 Å². The number of thioether (sulfide) groups is 1. The van der Waals surface area contributed by atoms with E-state index in [1.54, 1.807) is 23.8 Å². The lowest BCUT2D eigenvalue weighted by atomic mass is 10.2. The van der Waals surface area contributed by atoms with Gasteiger partial charge in [0.25, 0.3) is 5.91 Å². The molecule has 160 valence electrons. The molecule has 1 aromatic carbocycles.